The highest BCUT2D eigenvalue weighted by Gasteiger charge is 2.37. The Bertz CT molecular complexity index is 141. The summed E-state index contributed by atoms with van der Waals surface area (Å²) in [5, 5.41) is 8.47. The number of likely N-dealkylation sites (tertiary alicyclic amines) is 1. The van der Waals surface area contributed by atoms with E-state index < -0.39 is 18.2 Å². The molecule has 1 rings (SSSR count). The van der Waals surface area contributed by atoms with E-state index >= 15 is 0 Å². The summed E-state index contributed by atoms with van der Waals surface area (Å²) in [4.78, 5) is 11.9. The molecule has 0 radical (unpaired) electrons. The molecule has 3 nitrogen and oxygen atoms in total. The van der Waals surface area contributed by atoms with Crippen molar-refractivity contribution < 1.29 is 14.3 Å². The maximum atomic E-state index is 12.7. The van der Waals surface area contributed by atoms with Crippen LogP contribution in [0.2, 0.25) is 0 Å². The van der Waals surface area contributed by atoms with Crippen LogP contribution in [-0.4, -0.2) is 41.8 Å². The average molecular weight is 147 g/mol. The van der Waals surface area contributed by atoms with Crippen molar-refractivity contribution in [2.24, 2.45) is 0 Å². The van der Waals surface area contributed by atoms with Crippen molar-refractivity contribution in [2.45, 2.75) is 18.6 Å². The minimum absolute atomic E-state index is 0.341. The maximum absolute atomic E-state index is 12.7. The first-order valence-corrected chi connectivity index (χ1v) is 3.20. The SMILES string of the molecule is CN1CCC(F)C1C(=O)O. The summed E-state index contributed by atoms with van der Waals surface area (Å²) in [5.41, 5.74) is 0. The van der Waals surface area contributed by atoms with Crippen LogP contribution in [0.1, 0.15) is 6.42 Å². The summed E-state index contributed by atoms with van der Waals surface area (Å²) in [6, 6.07) is -0.917. The highest BCUT2D eigenvalue weighted by Crippen LogP contribution is 2.18. The van der Waals surface area contributed by atoms with Crippen LogP contribution in [0, 0.1) is 0 Å². The Kier molecular flexibility index (Phi) is 1.89. The second-order valence-corrected chi connectivity index (χ2v) is 2.57. The third-order valence-electron chi connectivity index (χ3n) is 1.83. The predicted molar refractivity (Wildman–Crippen MR) is 33.6 cm³/mol. The van der Waals surface area contributed by atoms with Gasteiger partial charge in [0.05, 0.1) is 0 Å². The van der Waals surface area contributed by atoms with Crippen molar-refractivity contribution in [1.29, 1.82) is 0 Å². The first kappa shape index (κ1) is 7.47. The lowest BCUT2D eigenvalue weighted by atomic mass is 10.2. The second-order valence-electron chi connectivity index (χ2n) is 2.57. The quantitative estimate of drug-likeness (QED) is 0.572. The summed E-state index contributed by atoms with van der Waals surface area (Å²) < 4.78 is 12.7. The maximum Gasteiger partial charge on any atom is 0.323 e. The van der Waals surface area contributed by atoms with E-state index in [1.807, 2.05) is 0 Å². The van der Waals surface area contributed by atoms with Gasteiger partial charge in [-0.1, -0.05) is 0 Å². The molecule has 0 aliphatic carbocycles. The Morgan fingerprint density at radius 2 is 2.40 bits per heavy atom. The molecule has 4 heteroatoms. The van der Waals surface area contributed by atoms with Gasteiger partial charge < -0.3 is 5.11 Å². The normalized spacial score (nSPS) is 34.6. The number of hydrogen-bond acceptors (Lipinski definition) is 2. The Morgan fingerprint density at radius 3 is 2.60 bits per heavy atom. The molecule has 2 atom stereocenters. The Hall–Kier alpha value is -0.640. The van der Waals surface area contributed by atoms with Gasteiger partial charge in [-0.2, -0.15) is 0 Å². The number of carbonyl (C=O) groups is 1. The Balaban J connectivity index is 2.63. The van der Waals surface area contributed by atoms with E-state index in [-0.39, 0.29) is 0 Å². The van der Waals surface area contributed by atoms with Gasteiger partial charge in [0.15, 0.2) is 0 Å². The van der Waals surface area contributed by atoms with Crippen molar-refractivity contribution in [3.05, 3.63) is 0 Å². The number of carboxylic acid groups (broad SMARTS) is 1. The molecular formula is C6H10FNO2. The number of alkyl halides is 1. The molecule has 10 heavy (non-hydrogen) atoms. The molecule has 0 bridgehead atoms. The lowest BCUT2D eigenvalue weighted by molar-refractivity contribution is -0.143. The third kappa shape index (κ3) is 1.11. The average Bonchev–Trinajstić information content (AvgIpc) is 2.11. The molecule has 0 amide bonds. The van der Waals surface area contributed by atoms with Crippen molar-refractivity contribution in [3.63, 3.8) is 0 Å². The van der Waals surface area contributed by atoms with Crippen LogP contribution in [-0.2, 0) is 4.79 Å². The zero-order valence-electron chi connectivity index (χ0n) is 5.75. The Labute approximate surface area is 58.4 Å². The van der Waals surface area contributed by atoms with Gasteiger partial charge >= 0.3 is 5.97 Å². The number of likely N-dealkylation sites (N-methyl/N-ethyl adjacent to an activating group) is 1. The molecule has 0 saturated carbocycles. The molecule has 1 N–H and O–H groups in total. The molecule has 1 saturated heterocycles. The molecule has 58 valence electrons. The van der Waals surface area contributed by atoms with Crippen LogP contribution in [0.3, 0.4) is 0 Å². The van der Waals surface area contributed by atoms with Gasteiger partial charge in [-0.3, -0.25) is 9.69 Å². The first-order chi connectivity index (χ1) is 4.63. The fourth-order valence-corrected chi connectivity index (χ4v) is 1.24. The summed E-state index contributed by atoms with van der Waals surface area (Å²) >= 11 is 0. The molecule has 1 aliphatic rings. The standard InChI is InChI=1S/C6H10FNO2/c1-8-3-2-4(7)5(8)6(9)10/h4-5H,2-3H2,1H3,(H,9,10). The van der Waals surface area contributed by atoms with E-state index in [9.17, 15) is 9.18 Å². The minimum atomic E-state index is -1.19. The molecule has 1 aliphatic heterocycles. The topological polar surface area (TPSA) is 40.5 Å². The van der Waals surface area contributed by atoms with Crippen LogP contribution in [0.15, 0.2) is 0 Å². The van der Waals surface area contributed by atoms with Gasteiger partial charge in [0.2, 0.25) is 0 Å². The summed E-state index contributed by atoms with van der Waals surface area (Å²) in [7, 11) is 1.62. The minimum Gasteiger partial charge on any atom is -0.480 e. The van der Waals surface area contributed by atoms with E-state index in [1.165, 1.54) is 4.90 Å². The molecule has 1 heterocycles. The van der Waals surface area contributed by atoms with Crippen LogP contribution < -0.4 is 0 Å². The van der Waals surface area contributed by atoms with Gasteiger partial charge in [-0.25, -0.2) is 4.39 Å². The molecule has 2 unspecified atom stereocenters. The molecule has 0 aromatic heterocycles. The van der Waals surface area contributed by atoms with Crippen molar-refractivity contribution in [2.75, 3.05) is 13.6 Å². The fraction of sp³-hybridized carbons (Fsp3) is 0.833. The van der Waals surface area contributed by atoms with E-state index in [4.69, 9.17) is 5.11 Å². The zero-order valence-corrected chi connectivity index (χ0v) is 5.75. The van der Waals surface area contributed by atoms with Gasteiger partial charge in [0, 0.05) is 6.54 Å². The number of aliphatic carboxylic acids is 1. The molecule has 1 fully saturated rings. The Morgan fingerprint density at radius 1 is 1.80 bits per heavy atom. The van der Waals surface area contributed by atoms with Crippen molar-refractivity contribution >= 4 is 5.97 Å². The van der Waals surface area contributed by atoms with Crippen molar-refractivity contribution in [1.82, 2.24) is 4.90 Å². The fourth-order valence-electron chi connectivity index (χ4n) is 1.24. The highest BCUT2D eigenvalue weighted by molar-refractivity contribution is 5.74. The van der Waals surface area contributed by atoms with E-state index in [2.05, 4.69) is 0 Å². The summed E-state index contributed by atoms with van der Waals surface area (Å²) in [6.07, 6.45) is -0.851. The second kappa shape index (κ2) is 2.54. The smallest absolute Gasteiger partial charge is 0.323 e. The molecule has 0 aromatic rings. The monoisotopic (exact) mass is 147 g/mol. The van der Waals surface area contributed by atoms with Gasteiger partial charge in [-0.15, -0.1) is 0 Å². The molecule has 0 spiro atoms. The van der Waals surface area contributed by atoms with Gasteiger partial charge in [-0.05, 0) is 13.5 Å². The number of rotatable bonds is 1. The van der Waals surface area contributed by atoms with Crippen LogP contribution >= 0.6 is 0 Å². The lowest BCUT2D eigenvalue weighted by Gasteiger charge is -2.15. The number of nitrogens with zero attached hydrogens (tertiary/aromatic N) is 1. The largest absolute Gasteiger partial charge is 0.480 e. The van der Waals surface area contributed by atoms with Gasteiger partial charge in [0.25, 0.3) is 0 Å². The lowest BCUT2D eigenvalue weighted by Crippen LogP contribution is -2.37. The highest BCUT2D eigenvalue weighted by atomic mass is 19.1. The first-order valence-electron chi connectivity index (χ1n) is 3.20. The third-order valence-corrected chi connectivity index (χ3v) is 1.83. The summed E-state index contributed by atoms with van der Waals surface area (Å²) in [5.74, 6) is -1.06. The molecule has 0 aromatic carbocycles. The zero-order chi connectivity index (χ0) is 7.72. The van der Waals surface area contributed by atoms with Crippen LogP contribution in [0.4, 0.5) is 4.39 Å². The number of halogens is 1. The van der Waals surface area contributed by atoms with Gasteiger partial charge in [0.1, 0.15) is 12.2 Å². The van der Waals surface area contributed by atoms with Crippen LogP contribution in [0.25, 0.3) is 0 Å². The summed E-state index contributed by atoms with van der Waals surface area (Å²) in [6.45, 7) is 0.540. The van der Waals surface area contributed by atoms with E-state index in [0.29, 0.717) is 13.0 Å². The number of hydrogen-bond donors (Lipinski definition) is 1. The van der Waals surface area contributed by atoms with E-state index in [1.54, 1.807) is 7.05 Å². The van der Waals surface area contributed by atoms with Crippen LogP contribution in [0.5, 0.6) is 0 Å². The predicted octanol–water partition coefficient (Wildman–Crippen LogP) is 0.113. The number of carboxylic acids is 1. The van der Waals surface area contributed by atoms with E-state index in [0.717, 1.165) is 0 Å². The van der Waals surface area contributed by atoms with Crippen molar-refractivity contribution in [3.8, 4) is 0 Å². The molecular weight excluding hydrogens is 137 g/mol.